The molecule has 2 fully saturated rings. The van der Waals surface area contributed by atoms with Crippen molar-refractivity contribution < 1.29 is 9.53 Å². The van der Waals surface area contributed by atoms with Crippen molar-refractivity contribution in [3.05, 3.63) is 35.9 Å². The first-order chi connectivity index (χ1) is 9.78. The summed E-state index contributed by atoms with van der Waals surface area (Å²) in [6.07, 6.45) is 5.43. The second kappa shape index (κ2) is 5.96. The second-order valence-corrected chi connectivity index (χ2v) is 5.93. The van der Waals surface area contributed by atoms with Crippen LogP contribution in [0.3, 0.4) is 0 Å². The largest absolute Gasteiger partial charge is 0.370 e. The summed E-state index contributed by atoms with van der Waals surface area (Å²) >= 11 is 0. The number of rotatable bonds is 3. The molecule has 1 N–H and O–H groups in total. The molecule has 1 aliphatic heterocycles. The molecule has 4 atom stereocenters. The Morgan fingerprint density at radius 2 is 2.10 bits per heavy atom. The van der Waals surface area contributed by atoms with Gasteiger partial charge in [0.2, 0.25) is 5.91 Å². The van der Waals surface area contributed by atoms with E-state index in [0.717, 1.165) is 12.8 Å². The standard InChI is InChI=1S/C17H23NO2/c1-2-17(19)18-14-11-16(12-7-4-3-5-8-12)20-15-10-6-9-13(14)15/h3-5,7-8,13-16H,2,6,9-11H2,1H3,(H,18,19)/t13-,14+,15+,16+/m1/s1. The predicted molar refractivity (Wildman–Crippen MR) is 78.2 cm³/mol. The van der Waals surface area contributed by atoms with Gasteiger partial charge in [-0.2, -0.15) is 0 Å². The summed E-state index contributed by atoms with van der Waals surface area (Å²) < 4.78 is 6.29. The normalized spacial score (nSPS) is 32.6. The Morgan fingerprint density at radius 3 is 2.85 bits per heavy atom. The van der Waals surface area contributed by atoms with E-state index in [-0.39, 0.29) is 18.1 Å². The Kier molecular flexibility index (Phi) is 4.06. The minimum Gasteiger partial charge on any atom is -0.370 e. The highest BCUT2D eigenvalue weighted by Gasteiger charge is 2.42. The molecule has 1 saturated carbocycles. The van der Waals surface area contributed by atoms with Crippen LogP contribution in [0.2, 0.25) is 0 Å². The number of hydrogen-bond donors (Lipinski definition) is 1. The third-order valence-corrected chi connectivity index (χ3v) is 4.67. The van der Waals surface area contributed by atoms with Crippen molar-refractivity contribution in [2.24, 2.45) is 5.92 Å². The molecule has 2 aliphatic rings. The second-order valence-electron chi connectivity index (χ2n) is 5.93. The van der Waals surface area contributed by atoms with E-state index in [1.807, 2.05) is 13.0 Å². The Bertz CT molecular complexity index is 459. The minimum atomic E-state index is 0.123. The maximum absolute atomic E-state index is 11.8. The molecule has 20 heavy (non-hydrogen) atoms. The molecule has 1 amide bonds. The van der Waals surface area contributed by atoms with Gasteiger partial charge in [-0.3, -0.25) is 4.79 Å². The first-order valence-electron chi connectivity index (χ1n) is 7.77. The first-order valence-corrected chi connectivity index (χ1v) is 7.77. The SMILES string of the molecule is CCC(=O)N[C@H]1C[C@@H](c2ccccc2)O[C@H]2CCC[C@H]12. The average molecular weight is 273 g/mol. The number of carbonyl (C=O) groups excluding carboxylic acids is 1. The quantitative estimate of drug-likeness (QED) is 0.918. The molecule has 0 bridgehead atoms. The molecular formula is C17H23NO2. The van der Waals surface area contributed by atoms with Crippen LogP contribution in [0.5, 0.6) is 0 Å². The minimum absolute atomic E-state index is 0.123. The first kappa shape index (κ1) is 13.6. The third-order valence-electron chi connectivity index (χ3n) is 4.67. The van der Waals surface area contributed by atoms with Crippen LogP contribution in [0.4, 0.5) is 0 Å². The van der Waals surface area contributed by atoms with Crippen LogP contribution in [0.1, 0.15) is 50.7 Å². The van der Waals surface area contributed by atoms with E-state index < -0.39 is 0 Å². The van der Waals surface area contributed by atoms with Crippen LogP contribution >= 0.6 is 0 Å². The van der Waals surface area contributed by atoms with E-state index in [9.17, 15) is 4.79 Å². The van der Waals surface area contributed by atoms with Crippen molar-refractivity contribution in [3.8, 4) is 0 Å². The van der Waals surface area contributed by atoms with Gasteiger partial charge in [0.05, 0.1) is 12.2 Å². The van der Waals surface area contributed by atoms with Gasteiger partial charge in [0, 0.05) is 18.4 Å². The number of carbonyl (C=O) groups is 1. The van der Waals surface area contributed by atoms with Crippen molar-refractivity contribution >= 4 is 5.91 Å². The van der Waals surface area contributed by atoms with E-state index in [1.165, 1.54) is 18.4 Å². The van der Waals surface area contributed by atoms with Gasteiger partial charge in [-0.05, 0) is 24.8 Å². The maximum atomic E-state index is 11.8. The summed E-state index contributed by atoms with van der Waals surface area (Å²) in [5.74, 6) is 0.667. The smallest absolute Gasteiger partial charge is 0.219 e. The van der Waals surface area contributed by atoms with E-state index in [0.29, 0.717) is 18.4 Å². The third kappa shape index (κ3) is 2.73. The highest BCUT2D eigenvalue weighted by atomic mass is 16.5. The number of fused-ring (bicyclic) bond motifs is 1. The maximum Gasteiger partial charge on any atom is 0.219 e. The molecule has 1 saturated heterocycles. The van der Waals surface area contributed by atoms with Crippen molar-refractivity contribution in [2.75, 3.05) is 0 Å². The van der Waals surface area contributed by atoms with E-state index in [4.69, 9.17) is 4.74 Å². The summed E-state index contributed by atoms with van der Waals surface area (Å²) in [4.78, 5) is 11.8. The lowest BCUT2D eigenvalue weighted by Gasteiger charge is -2.39. The van der Waals surface area contributed by atoms with Crippen LogP contribution in [-0.4, -0.2) is 18.1 Å². The predicted octanol–water partition coefficient (Wildman–Crippen LogP) is 3.21. The zero-order chi connectivity index (χ0) is 13.9. The van der Waals surface area contributed by atoms with Crippen LogP contribution in [0.15, 0.2) is 30.3 Å². The molecule has 1 heterocycles. The molecule has 3 rings (SSSR count). The Morgan fingerprint density at radius 1 is 1.30 bits per heavy atom. The number of ether oxygens (including phenoxy) is 1. The molecule has 1 aromatic rings. The van der Waals surface area contributed by atoms with Crippen LogP contribution in [0.25, 0.3) is 0 Å². The van der Waals surface area contributed by atoms with E-state index >= 15 is 0 Å². The van der Waals surface area contributed by atoms with Gasteiger partial charge < -0.3 is 10.1 Å². The lowest BCUT2D eigenvalue weighted by molar-refractivity contribution is -0.126. The Labute approximate surface area is 120 Å². The number of benzene rings is 1. The fourth-order valence-electron chi connectivity index (χ4n) is 3.61. The summed E-state index contributed by atoms with van der Waals surface area (Å²) in [6, 6.07) is 10.7. The summed E-state index contributed by atoms with van der Waals surface area (Å²) in [7, 11) is 0. The summed E-state index contributed by atoms with van der Waals surface area (Å²) in [5, 5.41) is 3.22. The molecule has 1 aromatic carbocycles. The molecular weight excluding hydrogens is 250 g/mol. The number of hydrogen-bond acceptors (Lipinski definition) is 2. The average Bonchev–Trinajstić information content (AvgIpc) is 2.96. The molecule has 0 spiro atoms. The van der Waals surface area contributed by atoms with Gasteiger partial charge in [-0.1, -0.05) is 43.7 Å². The molecule has 0 radical (unpaired) electrons. The Hall–Kier alpha value is -1.35. The van der Waals surface area contributed by atoms with Gasteiger partial charge >= 0.3 is 0 Å². The van der Waals surface area contributed by atoms with Crippen LogP contribution < -0.4 is 5.32 Å². The van der Waals surface area contributed by atoms with E-state index in [2.05, 4.69) is 29.6 Å². The molecule has 0 aromatic heterocycles. The fourth-order valence-corrected chi connectivity index (χ4v) is 3.61. The van der Waals surface area contributed by atoms with Crippen LogP contribution in [-0.2, 0) is 9.53 Å². The van der Waals surface area contributed by atoms with Crippen LogP contribution in [0, 0.1) is 5.92 Å². The van der Waals surface area contributed by atoms with E-state index in [1.54, 1.807) is 0 Å². The van der Waals surface area contributed by atoms with Gasteiger partial charge in [-0.25, -0.2) is 0 Å². The zero-order valence-electron chi connectivity index (χ0n) is 12.0. The fraction of sp³-hybridized carbons (Fsp3) is 0.588. The highest BCUT2D eigenvalue weighted by Crippen LogP contribution is 2.42. The molecule has 0 unspecified atom stereocenters. The summed E-state index contributed by atoms with van der Waals surface area (Å²) in [5.41, 5.74) is 1.23. The molecule has 108 valence electrons. The van der Waals surface area contributed by atoms with Crippen molar-refractivity contribution in [3.63, 3.8) is 0 Å². The van der Waals surface area contributed by atoms with Gasteiger partial charge in [0.1, 0.15) is 0 Å². The zero-order valence-corrected chi connectivity index (χ0v) is 12.0. The van der Waals surface area contributed by atoms with Gasteiger partial charge in [0.15, 0.2) is 0 Å². The van der Waals surface area contributed by atoms with Gasteiger partial charge in [0.25, 0.3) is 0 Å². The molecule has 3 heteroatoms. The number of nitrogens with one attached hydrogen (secondary N) is 1. The number of amides is 1. The lowest BCUT2D eigenvalue weighted by Crippen LogP contribution is -2.48. The highest BCUT2D eigenvalue weighted by molar-refractivity contribution is 5.75. The van der Waals surface area contributed by atoms with Crippen molar-refractivity contribution in [1.82, 2.24) is 5.32 Å². The van der Waals surface area contributed by atoms with Crippen molar-refractivity contribution in [2.45, 2.75) is 57.3 Å². The summed E-state index contributed by atoms with van der Waals surface area (Å²) in [6.45, 7) is 1.91. The molecule has 1 aliphatic carbocycles. The topological polar surface area (TPSA) is 38.3 Å². The lowest BCUT2D eigenvalue weighted by atomic mass is 9.86. The monoisotopic (exact) mass is 273 g/mol. The molecule has 3 nitrogen and oxygen atoms in total. The van der Waals surface area contributed by atoms with Gasteiger partial charge in [-0.15, -0.1) is 0 Å². The van der Waals surface area contributed by atoms with Crippen molar-refractivity contribution in [1.29, 1.82) is 0 Å². The Balaban J connectivity index is 1.76.